The van der Waals surface area contributed by atoms with E-state index in [4.69, 9.17) is 0 Å². The largest absolute Gasteiger partial charge is 0.349 e. The monoisotopic (exact) mass is 329 g/mol. The molecule has 0 bridgehead atoms. The maximum atomic E-state index is 12.0. The van der Waals surface area contributed by atoms with Gasteiger partial charge in [-0.15, -0.1) is 0 Å². The summed E-state index contributed by atoms with van der Waals surface area (Å²) in [6, 6.07) is 9.53. The van der Waals surface area contributed by atoms with Crippen LogP contribution in [0, 0.1) is 0 Å². The molecule has 3 rings (SSSR count). The van der Waals surface area contributed by atoms with Crippen molar-refractivity contribution in [3.8, 4) is 5.69 Å². The zero-order chi connectivity index (χ0) is 16.2. The maximum absolute atomic E-state index is 12.0. The molecule has 3 aromatic rings. The lowest BCUT2D eigenvalue weighted by molar-refractivity contribution is -0.121. The first-order chi connectivity index (χ1) is 11.1. The average Bonchev–Trinajstić information content (AvgIpc) is 3.19. The van der Waals surface area contributed by atoms with E-state index in [0.717, 1.165) is 22.6 Å². The van der Waals surface area contributed by atoms with Crippen LogP contribution < -0.4 is 10.2 Å². The molecule has 0 spiro atoms. The number of hydrogen-bond acceptors (Lipinski definition) is 5. The van der Waals surface area contributed by atoms with Crippen LogP contribution in [0.2, 0.25) is 0 Å². The third-order valence-electron chi connectivity index (χ3n) is 3.33. The Morgan fingerprint density at radius 1 is 1.39 bits per heavy atom. The van der Waals surface area contributed by atoms with Gasteiger partial charge in [0, 0.05) is 12.4 Å². The minimum Gasteiger partial charge on any atom is -0.349 e. The minimum absolute atomic E-state index is 0.0963. The van der Waals surface area contributed by atoms with Crippen molar-refractivity contribution in [1.29, 1.82) is 0 Å². The molecule has 0 aliphatic rings. The van der Waals surface area contributed by atoms with E-state index >= 15 is 0 Å². The van der Waals surface area contributed by atoms with Gasteiger partial charge in [-0.25, -0.2) is 9.78 Å². The molecule has 1 atom stereocenters. The normalized spacial score (nSPS) is 12.0. The van der Waals surface area contributed by atoms with Gasteiger partial charge in [-0.3, -0.25) is 9.59 Å². The van der Waals surface area contributed by atoms with Crippen LogP contribution in [0.5, 0.6) is 0 Å². The molecule has 2 heterocycles. The first-order valence-corrected chi connectivity index (χ1v) is 7.87. The van der Waals surface area contributed by atoms with Crippen molar-refractivity contribution in [1.82, 2.24) is 25.3 Å². The fourth-order valence-electron chi connectivity index (χ4n) is 2.19. The number of carbonyl (C=O) groups is 1. The Hall–Kier alpha value is -2.74. The van der Waals surface area contributed by atoms with Gasteiger partial charge in [0.05, 0.1) is 18.2 Å². The summed E-state index contributed by atoms with van der Waals surface area (Å²) in [5, 5.41) is 13.6. The van der Waals surface area contributed by atoms with E-state index in [-0.39, 0.29) is 23.2 Å². The molecule has 2 N–H and O–H groups in total. The second kappa shape index (κ2) is 6.57. The molecule has 1 aromatic carbocycles. The number of hydrogen-bond donors (Lipinski definition) is 2. The lowest BCUT2D eigenvalue weighted by Crippen LogP contribution is -2.28. The molecule has 0 saturated carbocycles. The van der Waals surface area contributed by atoms with Crippen LogP contribution in [0.25, 0.3) is 5.69 Å². The second-order valence-corrected chi connectivity index (χ2v) is 6.06. The van der Waals surface area contributed by atoms with Gasteiger partial charge in [-0.2, -0.15) is 10.2 Å². The van der Waals surface area contributed by atoms with Gasteiger partial charge < -0.3 is 5.32 Å². The molecule has 1 amide bonds. The Morgan fingerprint density at radius 2 is 2.17 bits per heavy atom. The van der Waals surface area contributed by atoms with Crippen molar-refractivity contribution >= 4 is 17.2 Å². The molecule has 0 saturated heterocycles. The van der Waals surface area contributed by atoms with Crippen LogP contribution in [0.15, 0.2) is 47.5 Å². The van der Waals surface area contributed by atoms with Gasteiger partial charge in [-0.1, -0.05) is 23.5 Å². The van der Waals surface area contributed by atoms with Crippen LogP contribution >= 0.6 is 11.3 Å². The molecule has 0 aliphatic carbocycles. The first-order valence-electron chi connectivity index (χ1n) is 7.05. The Bertz CT molecular complexity index is 835. The van der Waals surface area contributed by atoms with Gasteiger partial charge in [0.2, 0.25) is 5.91 Å². The minimum atomic E-state index is -0.255. The SMILES string of the molecule is CC(NC(=O)Cc1n[nH]c(=O)s1)c1ccc(-n2cccn2)cc1. The van der Waals surface area contributed by atoms with E-state index in [1.54, 1.807) is 10.9 Å². The second-order valence-electron chi connectivity index (χ2n) is 5.02. The van der Waals surface area contributed by atoms with Gasteiger partial charge in [0.25, 0.3) is 0 Å². The molecule has 118 valence electrons. The summed E-state index contributed by atoms with van der Waals surface area (Å²) in [7, 11) is 0. The highest BCUT2D eigenvalue weighted by Crippen LogP contribution is 2.15. The lowest BCUT2D eigenvalue weighted by Gasteiger charge is -2.14. The zero-order valence-corrected chi connectivity index (χ0v) is 13.2. The van der Waals surface area contributed by atoms with Crippen LogP contribution in [0.3, 0.4) is 0 Å². The quantitative estimate of drug-likeness (QED) is 0.741. The number of rotatable bonds is 5. The topological polar surface area (TPSA) is 92.7 Å². The Kier molecular flexibility index (Phi) is 4.33. The van der Waals surface area contributed by atoms with Crippen molar-refractivity contribution in [3.05, 3.63) is 63.0 Å². The van der Waals surface area contributed by atoms with E-state index in [1.807, 2.05) is 43.5 Å². The molecule has 2 aromatic heterocycles. The molecule has 23 heavy (non-hydrogen) atoms. The van der Waals surface area contributed by atoms with Gasteiger partial charge >= 0.3 is 4.87 Å². The molecular weight excluding hydrogens is 314 g/mol. The number of nitrogens with one attached hydrogen (secondary N) is 2. The fraction of sp³-hybridized carbons (Fsp3) is 0.200. The smallest absolute Gasteiger partial charge is 0.322 e. The van der Waals surface area contributed by atoms with Crippen molar-refractivity contribution in [2.24, 2.45) is 0 Å². The van der Waals surface area contributed by atoms with Crippen molar-refractivity contribution in [3.63, 3.8) is 0 Å². The summed E-state index contributed by atoms with van der Waals surface area (Å²) in [5.74, 6) is -0.170. The van der Waals surface area contributed by atoms with E-state index in [0.29, 0.717) is 5.01 Å². The summed E-state index contributed by atoms with van der Waals surface area (Å²) in [5.41, 5.74) is 1.95. The molecule has 1 unspecified atom stereocenters. The summed E-state index contributed by atoms with van der Waals surface area (Å²) < 4.78 is 1.77. The third-order valence-corrected chi connectivity index (χ3v) is 4.08. The highest BCUT2D eigenvalue weighted by atomic mass is 32.1. The Morgan fingerprint density at radius 3 is 2.78 bits per heavy atom. The molecule has 7 nitrogen and oxygen atoms in total. The number of H-pyrrole nitrogens is 1. The molecule has 0 aliphatic heterocycles. The van der Waals surface area contributed by atoms with Crippen molar-refractivity contribution in [2.75, 3.05) is 0 Å². The standard InChI is InChI=1S/C15H15N5O2S/c1-10(17-13(21)9-14-18-19-15(22)23-14)11-3-5-12(6-4-11)20-8-2-7-16-20/h2-8,10H,9H2,1H3,(H,17,21)(H,19,22). The number of amides is 1. The van der Waals surface area contributed by atoms with Crippen LogP contribution in [0.1, 0.15) is 23.5 Å². The number of benzene rings is 1. The highest BCUT2D eigenvalue weighted by molar-refractivity contribution is 7.08. The van der Waals surface area contributed by atoms with Gasteiger partial charge in [0.15, 0.2) is 0 Å². The first kappa shape index (κ1) is 15.2. The van der Waals surface area contributed by atoms with E-state index in [1.165, 1.54) is 0 Å². The van der Waals surface area contributed by atoms with Crippen molar-refractivity contribution < 1.29 is 4.79 Å². The molecule has 0 fully saturated rings. The summed E-state index contributed by atoms with van der Waals surface area (Å²) >= 11 is 0.947. The van der Waals surface area contributed by atoms with Crippen LogP contribution in [-0.2, 0) is 11.2 Å². The Balaban J connectivity index is 1.62. The molecule has 0 radical (unpaired) electrons. The zero-order valence-electron chi connectivity index (χ0n) is 12.4. The number of aromatic amines is 1. The Labute approximate surface area is 136 Å². The van der Waals surface area contributed by atoms with Crippen LogP contribution in [-0.4, -0.2) is 25.9 Å². The average molecular weight is 329 g/mol. The lowest BCUT2D eigenvalue weighted by atomic mass is 10.1. The molecule has 8 heteroatoms. The van der Waals surface area contributed by atoms with Crippen molar-refractivity contribution in [2.45, 2.75) is 19.4 Å². The van der Waals surface area contributed by atoms with E-state index < -0.39 is 0 Å². The summed E-state index contributed by atoms with van der Waals surface area (Å²) in [6.07, 6.45) is 3.69. The maximum Gasteiger partial charge on any atom is 0.322 e. The van der Waals surface area contributed by atoms with Crippen LogP contribution in [0.4, 0.5) is 0 Å². The molecular formula is C15H15N5O2S. The number of aromatic nitrogens is 4. The summed E-state index contributed by atoms with van der Waals surface area (Å²) in [6.45, 7) is 1.91. The van der Waals surface area contributed by atoms with E-state index in [9.17, 15) is 9.59 Å². The third kappa shape index (κ3) is 3.72. The summed E-state index contributed by atoms with van der Waals surface area (Å²) in [4.78, 5) is 22.7. The van der Waals surface area contributed by atoms with Gasteiger partial charge in [0.1, 0.15) is 5.01 Å². The predicted octanol–water partition coefficient (Wildman–Crippen LogP) is 1.44. The predicted molar refractivity (Wildman–Crippen MR) is 86.6 cm³/mol. The number of carbonyl (C=O) groups excluding carboxylic acids is 1. The number of nitrogens with zero attached hydrogens (tertiary/aromatic N) is 3. The fourth-order valence-corrected chi connectivity index (χ4v) is 2.79. The van der Waals surface area contributed by atoms with Gasteiger partial charge in [-0.05, 0) is 30.7 Å². The highest BCUT2D eigenvalue weighted by Gasteiger charge is 2.12. The van der Waals surface area contributed by atoms with E-state index in [2.05, 4.69) is 20.6 Å².